The molecule has 0 radical (unpaired) electrons. The molecule has 1 unspecified atom stereocenters. The van der Waals surface area contributed by atoms with Crippen molar-refractivity contribution in [3.05, 3.63) is 27.8 Å². The first-order valence-electron chi connectivity index (χ1n) is 6.09. The summed E-state index contributed by atoms with van der Waals surface area (Å²) in [7, 11) is 1.70. The Labute approximate surface area is 108 Å². The molecule has 0 aromatic heterocycles. The molecule has 1 N–H and O–H groups in total. The number of nitrogens with one attached hydrogen (secondary N) is 1. The minimum absolute atomic E-state index is 0.00718. The van der Waals surface area contributed by atoms with Crippen LogP contribution in [0.2, 0.25) is 5.02 Å². The second kappa shape index (κ2) is 4.51. The van der Waals surface area contributed by atoms with E-state index < -0.39 is 0 Å². The van der Waals surface area contributed by atoms with Crippen molar-refractivity contribution in [3.8, 4) is 5.75 Å². The number of hydrogen-bond acceptors (Lipinski definition) is 2. The van der Waals surface area contributed by atoms with Crippen LogP contribution in [0.4, 0.5) is 0 Å². The summed E-state index contributed by atoms with van der Waals surface area (Å²) in [6, 6.07) is 2.14. The summed E-state index contributed by atoms with van der Waals surface area (Å²) in [5.74, 6) is 0.834. The van der Waals surface area contributed by atoms with Crippen LogP contribution < -0.4 is 10.1 Å². The predicted octanol–water partition coefficient (Wildman–Crippen LogP) is 3.56. The molecule has 2 rings (SSSR count). The maximum absolute atomic E-state index is 6.36. The van der Waals surface area contributed by atoms with E-state index in [2.05, 4.69) is 25.2 Å². The van der Waals surface area contributed by atoms with Gasteiger partial charge in [-0.1, -0.05) is 17.7 Å². The van der Waals surface area contributed by atoms with Gasteiger partial charge in [-0.15, -0.1) is 0 Å². The van der Waals surface area contributed by atoms with Crippen molar-refractivity contribution >= 4 is 11.6 Å². The Balaban J connectivity index is 2.63. The van der Waals surface area contributed by atoms with Crippen molar-refractivity contribution in [2.45, 2.75) is 39.2 Å². The number of methoxy groups -OCH3 is 1. The molecule has 0 aliphatic carbocycles. The highest BCUT2D eigenvalue weighted by molar-refractivity contribution is 6.33. The molecule has 1 aliphatic heterocycles. The van der Waals surface area contributed by atoms with Crippen LogP contribution in [0.15, 0.2) is 6.07 Å². The highest BCUT2D eigenvalue weighted by atomic mass is 35.5. The molecule has 1 fully saturated rings. The lowest BCUT2D eigenvalue weighted by atomic mass is 9.85. The fourth-order valence-electron chi connectivity index (χ4n) is 2.91. The van der Waals surface area contributed by atoms with Crippen molar-refractivity contribution in [3.63, 3.8) is 0 Å². The highest BCUT2D eigenvalue weighted by Crippen LogP contribution is 2.43. The van der Waals surface area contributed by atoms with Gasteiger partial charge in [0.25, 0.3) is 0 Å². The number of benzene rings is 1. The van der Waals surface area contributed by atoms with E-state index >= 15 is 0 Å². The van der Waals surface area contributed by atoms with Gasteiger partial charge in [-0.3, -0.25) is 0 Å². The Hall–Kier alpha value is -0.730. The van der Waals surface area contributed by atoms with E-state index in [-0.39, 0.29) is 5.54 Å². The third kappa shape index (κ3) is 2.04. The fourth-order valence-corrected chi connectivity index (χ4v) is 3.14. The first kappa shape index (κ1) is 12.7. The Kier molecular flexibility index (Phi) is 3.37. The molecule has 1 atom stereocenters. The number of aryl methyl sites for hydroxylation is 2. The van der Waals surface area contributed by atoms with Gasteiger partial charge in [-0.05, 0) is 51.3 Å². The molecule has 0 bridgehead atoms. The number of halogens is 1. The van der Waals surface area contributed by atoms with Crippen molar-refractivity contribution < 1.29 is 4.74 Å². The lowest BCUT2D eigenvalue weighted by molar-refractivity contribution is 0.369. The van der Waals surface area contributed by atoms with Crippen molar-refractivity contribution in [1.29, 1.82) is 0 Å². The van der Waals surface area contributed by atoms with Gasteiger partial charge in [-0.25, -0.2) is 0 Å². The molecule has 94 valence electrons. The molecule has 1 aromatic rings. The van der Waals surface area contributed by atoms with E-state index in [1.165, 1.54) is 17.5 Å². The SMILES string of the molecule is COc1c(Cl)c(C)cc(C)c1C1(C)CCCN1. The quantitative estimate of drug-likeness (QED) is 0.870. The fraction of sp³-hybridized carbons (Fsp3) is 0.571. The van der Waals surface area contributed by atoms with Gasteiger partial charge < -0.3 is 10.1 Å². The maximum atomic E-state index is 6.36. The predicted molar refractivity (Wildman–Crippen MR) is 72.1 cm³/mol. The lowest BCUT2D eigenvalue weighted by Gasteiger charge is -2.30. The van der Waals surface area contributed by atoms with Crippen molar-refractivity contribution in [1.82, 2.24) is 5.32 Å². The minimum atomic E-state index is -0.00718. The topological polar surface area (TPSA) is 21.3 Å². The molecule has 0 amide bonds. The van der Waals surface area contributed by atoms with Crippen LogP contribution in [-0.4, -0.2) is 13.7 Å². The van der Waals surface area contributed by atoms with Crippen molar-refractivity contribution in [2.75, 3.05) is 13.7 Å². The molecule has 0 spiro atoms. The molecule has 17 heavy (non-hydrogen) atoms. The van der Waals surface area contributed by atoms with Crippen molar-refractivity contribution in [2.24, 2.45) is 0 Å². The van der Waals surface area contributed by atoms with E-state index in [0.29, 0.717) is 0 Å². The highest BCUT2D eigenvalue weighted by Gasteiger charge is 2.35. The molecule has 3 heteroatoms. The molecular formula is C14H20ClNO. The van der Waals surface area contributed by atoms with Crippen LogP contribution in [0.3, 0.4) is 0 Å². The molecule has 2 nitrogen and oxygen atoms in total. The third-order valence-corrected chi connectivity index (χ3v) is 4.19. The summed E-state index contributed by atoms with van der Waals surface area (Å²) in [6.45, 7) is 7.44. The third-order valence-electron chi connectivity index (χ3n) is 3.72. The standard InChI is InChI=1S/C14H20ClNO/c1-9-8-10(2)12(15)13(17-4)11(9)14(3)6-5-7-16-14/h8,16H,5-7H2,1-4H3. The summed E-state index contributed by atoms with van der Waals surface area (Å²) in [5.41, 5.74) is 3.53. The Morgan fingerprint density at radius 2 is 2.06 bits per heavy atom. The largest absolute Gasteiger partial charge is 0.495 e. The number of rotatable bonds is 2. The average Bonchev–Trinajstić information content (AvgIpc) is 2.70. The van der Waals surface area contributed by atoms with E-state index in [1.807, 2.05) is 6.92 Å². The van der Waals surface area contributed by atoms with Gasteiger partial charge in [0.2, 0.25) is 0 Å². The van der Waals surface area contributed by atoms with Crippen LogP contribution >= 0.6 is 11.6 Å². The summed E-state index contributed by atoms with van der Waals surface area (Å²) in [5, 5.41) is 4.31. The van der Waals surface area contributed by atoms with E-state index in [4.69, 9.17) is 16.3 Å². The zero-order valence-corrected chi connectivity index (χ0v) is 11.7. The van der Waals surface area contributed by atoms with Crippen LogP contribution in [0.25, 0.3) is 0 Å². The summed E-state index contributed by atoms with van der Waals surface area (Å²) in [4.78, 5) is 0. The smallest absolute Gasteiger partial charge is 0.143 e. The monoisotopic (exact) mass is 253 g/mol. The van der Waals surface area contributed by atoms with E-state index in [1.54, 1.807) is 7.11 Å². The molecule has 1 aliphatic rings. The van der Waals surface area contributed by atoms with Gasteiger partial charge in [0.15, 0.2) is 0 Å². The normalized spacial score (nSPS) is 24.1. The van der Waals surface area contributed by atoms with Crippen LogP contribution in [0, 0.1) is 13.8 Å². The molecule has 1 saturated heterocycles. The minimum Gasteiger partial charge on any atom is -0.495 e. The zero-order chi connectivity index (χ0) is 12.6. The Bertz CT molecular complexity index is 436. The summed E-state index contributed by atoms with van der Waals surface area (Å²) in [6.07, 6.45) is 2.33. The maximum Gasteiger partial charge on any atom is 0.143 e. The van der Waals surface area contributed by atoms with E-state index in [0.717, 1.165) is 29.3 Å². The second-order valence-corrected chi connectivity index (χ2v) is 5.47. The van der Waals surface area contributed by atoms with Gasteiger partial charge >= 0.3 is 0 Å². The Morgan fingerprint density at radius 1 is 1.35 bits per heavy atom. The van der Waals surface area contributed by atoms with Gasteiger partial charge in [0, 0.05) is 11.1 Å². The first-order valence-corrected chi connectivity index (χ1v) is 6.46. The van der Waals surface area contributed by atoms with Crippen LogP contribution in [0.5, 0.6) is 5.75 Å². The van der Waals surface area contributed by atoms with E-state index in [9.17, 15) is 0 Å². The average molecular weight is 254 g/mol. The second-order valence-electron chi connectivity index (χ2n) is 5.10. The number of ether oxygens (including phenoxy) is 1. The zero-order valence-electron chi connectivity index (χ0n) is 11.0. The van der Waals surface area contributed by atoms with Gasteiger partial charge in [0.1, 0.15) is 5.75 Å². The molecule has 1 aromatic carbocycles. The van der Waals surface area contributed by atoms with Crippen LogP contribution in [-0.2, 0) is 5.54 Å². The molecule has 0 saturated carbocycles. The van der Waals surface area contributed by atoms with Gasteiger partial charge in [-0.2, -0.15) is 0 Å². The van der Waals surface area contributed by atoms with Crippen LogP contribution in [0.1, 0.15) is 36.5 Å². The summed E-state index contributed by atoms with van der Waals surface area (Å²) < 4.78 is 5.54. The number of hydrogen-bond donors (Lipinski definition) is 1. The first-order chi connectivity index (χ1) is 7.99. The molecular weight excluding hydrogens is 234 g/mol. The lowest BCUT2D eigenvalue weighted by Crippen LogP contribution is -2.34. The summed E-state index contributed by atoms with van der Waals surface area (Å²) >= 11 is 6.36. The molecule has 1 heterocycles. The Morgan fingerprint density at radius 3 is 2.59 bits per heavy atom. The van der Waals surface area contributed by atoms with Gasteiger partial charge in [0.05, 0.1) is 12.1 Å².